The Balaban J connectivity index is 1.51. The van der Waals surface area contributed by atoms with E-state index in [1.807, 2.05) is 40.7 Å². The smallest absolute Gasteiger partial charge is 0.323 e. The minimum absolute atomic E-state index is 0.0979. The number of carbonyl (C=O) groups is 2. The number of carboxylic acids is 1. The molecule has 0 radical (unpaired) electrons. The summed E-state index contributed by atoms with van der Waals surface area (Å²) in [4.78, 5) is 27.3. The molecular formula is C29H26F2N2O3S. The normalized spacial score (nSPS) is 15.8. The van der Waals surface area contributed by atoms with Crippen LogP contribution < -0.4 is 0 Å². The Kier molecular flexibility index (Phi) is 7.02. The largest absolute Gasteiger partial charge is 0.480 e. The van der Waals surface area contributed by atoms with E-state index < -0.39 is 11.9 Å². The third kappa shape index (κ3) is 5.11. The number of nitrogens with zero attached hydrogens (tertiary/aromatic N) is 2. The highest BCUT2D eigenvalue weighted by Crippen LogP contribution is 2.40. The Morgan fingerprint density at radius 2 is 1.68 bits per heavy atom. The monoisotopic (exact) mass is 520 g/mol. The van der Waals surface area contributed by atoms with E-state index in [-0.39, 0.29) is 30.1 Å². The molecule has 0 spiro atoms. The maximum Gasteiger partial charge on any atom is 0.323 e. The maximum atomic E-state index is 13.9. The molecule has 0 fully saturated rings. The van der Waals surface area contributed by atoms with Crippen LogP contribution in [0.4, 0.5) is 8.78 Å². The predicted octanol–water partition coefficient (Wildman–Crippen LogP) is 5.85. The number of amides is 1. The number of aliphatic carboxylic acids is 1. The lowest BCUT2D eigenvalue weighted by atomic mass is 9.97. The molecule has 37 heavy (non-hydrogen) atoms. The van der Waals surface area contributed by atoms with Crippen LogP contribution in [0.2, 0.25) is 0 Å². The van der Waals surface area contributed by atoms with Gasteiger partial charge < -0.3 is 14.6 Å². The molecular weight excluding hydrogens is 494 g/mol. The number of fused-ring (bicyclic) bond motifs is 3. The molecule has 1 aliphatic heterocycles. The van der Waals surface area contributed by atoms with Crippen LogP contribution in [0.1, 0.15) is 29.5 Å². The number of thioether (sulfide) groups is 1. The second-order valence-electron chi connectivity index (χ2n) is 9.32. The van der Waals surface area contributed by atoms with Gasteiger partial charge in [-0.25, -0.2) is 8.78 Å². The third-order valence-corrected chi connectivity index (χ3v) is 8.19. The van der Waals surface area contributed by atoms with Gasteiger partial charge in [0.25, 0.3) is 0 Å². The molecule has 8 heteroatoms. The van der Waals surface area contributed by atoms with E-state index in [4.69, 9.17) is 0 Å². The number of aromatic nitrogens is 1. The van der Waals surface area contributed by atoms with Gasteiger partial charge in [-0.05, 0) is 60.4 Å². The van der Waals surface area contributed by atoms with E-state index in [9.17, 15) is 23.5 Å². The highest BCUT2D eigenvalue weighted by molar-refractivity contribution is 7.99. The highest BCUT2D eigenvalue weighted by Gasteiger charge is 2.34. The van der Waals surface area contributed by atoms with Gasteiger partial charge in [0.05, 0.1) is 10.9 Å². The van der Waals surface area contributed by atoms with E-state index in [0.29, 0.717) is 18.7 Å². The SMILES string of the molecule is CC(C(=O)N(Cc1ccc(F)cc1)C1CSc2c(c3ccccc3n2CC(=O)O)C1)c1ccc(F)cc1. The molecule has 3 aromatic carbocycles. The summed E-state index contributed by atoms with van der Waals surface area (Å²) in [6.07, 6.45) is 0.568. The Morgan fingerprint density at radius 1 is 1.03 bits per heavy atom. The minimum atomic E-state index is -0.910. The fraction of sp³-hybridized carbons (Fsp3) is 0.241. The summed E-state index contributed by atoms with van der Waals surface area (Å²) in [5, 5.41) is 11.4. The molecule has 4 aromatic rings. The van der Waals surface area contributed by atoms with Crippen LogP contribution in [-0.2, 0) is 29.1 Å². The molecule has 5 rings (SSSR count). The number of carboxylic acid groups (broad SMARTS) is 1. The Hall–Kier alpha value is -3.65. The van der Waals surface area contributed by atoms with Crippen LogP contribution in [0, 0.1) is 11.6 Å². The number of para-hydroxylation sites is 1. The maximum absolute atomic E-state index is 13.9. The van der Waals surface area contributed by atoms with Crippen molar-refractivity contribution in [3.8, 4) is 0 Å². The van der Waals surface area contributed by atoms with Crippen LogP contribution in [0.15, 0.2) is 77.8 Å². The fourth-order valence-corrected chi connectivity index (χ4v) is 6.33. The molecule has 0 saturated carbocycles. The number of benzene rings is 3. The third-order valence-electron chi connectivity index (χ3n) is 6.90. The minimum Gasteiger partial charge on any atom is -0.480 e. The molecule has 5 nitrogen and oxygen atoms in total. The molecule has 0 aliphatic carbocycles. The zero-order valence-electron chi connectivity index (χ0n) is 20.2. The van der Waals surface area contributed by atoms with Crippen molar-refractivity contribution < 1.29 is 23.5 Å². The molecule has 2 unspecified atom stereocenters. The lowest BCUT2D eigenvalue weighted by molar-refractivity contribution is -0.137. The zero-order chi connectivity index (χ0) is 26.1. The molecule has 1 amide bonds. The zero-order valence-corrected chi connectivity index (χ0v) is 21.1. The van der Waals surface area contributed by atoms with Crippen LogP contribution in [-0.4, -0.2) is 38.2 Å². The first-order valence-corrected chi connectivity index (χ1v) is 13.1. The van der Waals surface area contributed by atoms with Crippen molar-refractivity contribution >= 4 is 34.5 Å². The fourth-order valence-electron chi connectivity index (χ4n) is 4.99. The van der Waals surface area contributed by atoms with Crippen LogP contribution in [0.5, 0.6) is 0 Å². The molecule has 0 saturated heterocycles. The van der Waals surface area contributed by atoms with E-state index in [2.05, 4.69) is 0 Å². The van der Waals surface area contributed by atoms with Gasteiger partial charge in [-0.3, -0.25) is 9.59 Å². The average molecular weight is 521 g/mol. The van der Waals surface area contributed by atoms with Crippen molar-refractivity contribution in [3.63, 3.8) is 0 Å². The second-order valence-corrected chi connectivity index (χ2v) is 10.3. The number of halogens is 2. The van der Waals surface area contributed by atoms with E-state index in [0.717, 1.165) is 32.6 Å². The molecule has 1 aromatic heterocycles. The van der Waals surface area contributed by atoms with Crippen LogP contribution in [0.3, 0.4) is 0 Å². The topological polar surface area (TPSA) is 62.5 Å². The van der Waals surface area contributed by atoms with E-state index in [1.165, 1.54) is 24.3 Å². The van der Waals surface area contributed by atoms with Crippen LogP contribution in [0.25, 0.3) is 10.9 Å². The van der Waals surface area contributed by atoms with Crippen LogP contribution >= 0.6 is 11.8 Å². The van der Waals surface area contributed by atoms with Gasteiger partial charge in [-0.15, -0.1) is 11.8 Å². The van der Waals surface area contributed by atoms with Crippen molar-refractivity contribution in [1.29, 1.82) is 0 Å². The quantitative estimate of drug-likeness (QED) is 0.332. The molecule has 190 valence electrons. The van der Waals surface area contributed by atoms with Gasteiger partial charge in [0.2, 0.25) is 5.91 Å². The Labute approximate surface area is 217 Å². The van der Waals surface area contributed by atoms with E-state index in [1.54, 1.807) is 36.0 Å². The summed E-state index contributed by atoms with van der Waals surface area (Å²) in [5.41, 5.74) is 3.42. The number of hydrogen-bond donors (Lipinski definition) is 1. The highest BCUT2D eigenvalue weighted by atomic mass is 32.2. The lowest BCUT2D eigenvalue weighted by Gasteiger charge is -2.36. The number of carbonyl (C=O) groups excluding carboxylic acids is 1. The number of rotatable bonds is 7. The molecule has 1 N–H and O–H groups in total. The molecule has 0 bridgehead atoms. The van der Waals surface area contributed by atoms with Crippen molar-refractivity contribution in [1.82, 2.24) is 9.47 Å². The summed E-state index contributed by atoms with van der Waals surface area (Å²) in [6, 6.07) is 19.6. The second kappa shape index (κ2) is 10.4. The first kappa shape index (κ1) is 25.0. The van der Waals surface area contributed by atoms with Gasteiger partial charge in [-0.2, -0.15) is 0 Å². The summed E-state index contributed by atoms with van der Waals surface area (Å²) < 4.78 is 28.9. The average Bonchev–Trinajstić information content (AvgIpc) is 3.20. The standard InChI is InChI=1S/C29H26F2N2O3S/c1-18(20-8-12-22(31)13-9-20)28(36)32(15-19-6-10-21(30)11-7-19)23-14-25-24-4-2-3-5-26(24)33(16-27(34)35)29(25)37-17-23/h2-13,18,23H,14-17H2,1H3,(H,34,35). The summed E-state index contributed by atoms with van der Waals surface area (Å²) in [7, 11) is 0. The van der Waals surface area contributed by atoms with E-state index >= 15 is 0 Å². The van der Waals surface area contributed by atoms with Crippen molar-refractivity contribution in [2.45, 2.75) is 43.4 Å². The summed E-state index contributed by atoms with van der Waals surface area (Å²) >= 11 is 1.56. The predicted molar refractivity (Wildman–Crippen MR) is 140 cm³/mol. The number of hydrogen-bond acceptors (Lipinski definition) is 3. The van der Waals surface area contributed by atoms with Crippen molar-refractivity contribution in [2.24, 2.45) is 0 Å². The Bertz CT molecular complexity index is 1450. The molecule has 2 heterocycles. The van der Waals surface area contributed by atoms with Gasteiger partial charge >= 0.3 is 5.97 Å². The Morgan fingerprint density at radius 3 is 2.35 bits per heavy atom. The van der Waals surface area contributed by atoms with Gasteiger partial charge in [-0.1, -0.05) is 42.5 Å². The van der Waals surface area contributed by atoms with Crippen molar-refractivity contribution in [2.75, 3.05) is 5.75 Å². The van der Waals surface area contributed by atoms with Gasteiger partial charge in [0.15, 0.2) is 0 Å². The van der Waals surface area contributed by atoms with Gasteiger partial charge in [0, 0.05) is 29.2 Å². The molecule has 2 atom stereocenters. The van der Waals surface area contributed by atoms with Crippen molar-refractivity contribution in [3.05, 3.63) is 101 Å². The lowest BCUT2D eigenvalue weighted by Crippen LogP contribution is -2.45. The summed E-state index contributed by atoms with van der Waals surface area (Å²) in [5.74, 6) is -1.62. The molecule has 1 aliphatic rings. The van der Waals surface area contributed by atoms with Gasteiger partial charge in [0.1, 0.15) is 18.2 Å². The first-order chi connectivity index (χ1) is 17.8. The first-order valence-electron chi connectivity index (χ1n) is 12.1. The summed E-state index contributed by atoms with van der Waals surface area (Å²) in [6.45, 7) is 1.99.